The molecule has 3 nitrogen and oxygen atoms in total. The van der Waals surface area contributed by atoms with Crippen LogP contribution in [0.25, 0.3) is 0 Å². The van der Waals surface area contributed by atoms with E-state index in [-0.39, 0.29) is 0 Å². The van der Waals surface area contributed by atoms with Gasteiger partial charge in [0.2, 0.25) is 0 Å². The molecule has 0 aliphatic rings. The van der Waals surface area contributed by atoms with Gasteiger partial charge in [0.1, 0.15) is 11.7 Å². The molecule has 0 aliphatic carbocycles. The summed E-state index contributed by atoms with van der Waals surface area (Å²) in [6.07, 6.45) is 0. The van der Waals surface area contributed by atoms with Crippen LogP contribution in [0.2, 0.25) is 0 Å². The van der Waals surface area contributed by atoms with Crippen LogP contribution in [0.15, 0.2) is 0 Å². The number of aliphatic carboxylic acids is 1. The van der Waals surface area contributed by atoms with Crippen LogP contribution in [-0.2, 0) is 9.59 Å². The summed E-state index contributed by atoms with van der Waals surface area (Å²) in [6.45, 7) is 4.29. The maximum absolute atomic E-state index is 10.1. The highest BCUT2D eigenvalue weighted by atomic mass is 16.4. The van der Waals surface area contributed by atoms with Crippen molar-refractivity contribution in [3.05, 3.63) is 6.92 Å². The van der Waals surface area contributed by atoms with Crippen molar-refractivity contribution in [3.63, 3.8) is 0 Å². The zero-order valence-corrected chi connectivity index (χ0v) is 4.55. The van der Waals surface area contributed by atoms with Gasteiger partial charge < -0.3 is 5.11 Å². The number of hydrogen-bond acceptors (Lipinski definition) is 2. The zero-order chi connectivity index (χ0) is 6.73. The van der Waals surface area contributed by atoms with Crippen molar-refractivity contribution in [3.8, 4) is 0 Å². The number of rotatable bonds is 2. The van der Waals surface area contributed by atoms with Crippen LogP contribution in [0, 0.1) is 12.8 Å². The van der Waals surface area contributed by atoms with Crippen LogP contribution in [0.5, 0.6) is 0 Å². The van der Waals surface area contributed by atoms with E-state index >= 15 is 0 Å². The second kappa shape index (κ2) is 2.45. The second-order valence-electron chi connectivity index (χ2n) is 1.50. The molecule has 1 radical (unpaired) electrons. The van der Waals surface area contributed by atoms with Gasteiger partial charge in [-0.3, -0.25) is 9.59 Å². The Bertz CT molecular complexity index is 103. The summed E-state index contributed by atoms with van der Waals surface area (Å²) in [5, 5.41) is 8.07. The van der Waals surface area contributed by atoms with E-state index in [4.69, 9.17) is 5.11 Å². The average molecular weight is 115 g/mol. The Hall–Kier alpha value is -0.860. The van der Waals surface area contributed by atoms with Gasteiger partial charge >= 0.3 is 5.97 Å². The van der Waals surface area contributed by atoms with Gasteiger partial charge in [0, 0.05) is 0 Å². The minimum atomic E-state index is -1.17. The van der Waals surface area contributed by atoms with Crippen LogP contribution in [0.3, 0.4) is 0 Å². The minimum absolute atomic E-state index is 0.419. The predicted molar refractivity (Wildman–Crippen MR) is 27.2 cm³/mol. The summed E-state index contributed by atoms with van der Waals surface area (Å²) in [5.41, 5.74) is 0. The van der Waals surface area contributed by atoms with E-state index in [0.717, 1.165) is 0 Å². The molecule has 3 heteroatoms. The normalized spacial score (nSPS) is 12.8. The summed E-state index contributed by atoms with van der Waals surface area (Å²) in [6, 6.07) is 0. The maximum Gasteiger partial charge on any atom is 0.314 e. The standard InChI is InChI=1S/C5H7O3/c1-3(4(2)6)5(7)8/h3H,1H2,2H3,(H,7,8). The van der Waals surface area contributed by atoms with Gasteiger partial charge in [0.25, 0.3) is 0 Å². The molecule has 1 unspecified atom stereocenters. The molecule has 0 aliphatic heterocycles. The molecule has 0 fully saturated rings. The number of carbonyl (C=O) groups is 2. The topological polar surface area (TPSA) is 54.4 Å². The summed E-state index contributed by atoms with van der Waals surface area (Å²) in [7, 11) is 0. The quantitative estimate of drug-likeness (QED) is 0.519. The van der Waals surface area contributed by atoms with Gasteiger partial charge in [0.05, 0.1) is 0 Å². The monoisotopic (exact) mass is 115 g/mol. The van der Waals surface area contributed by atoms with Gasteiger partial charge in [-0.1, -0.05) is 0 Å². The number of carbonyl (C=O) groups excluding carboxylic acids is 1. The first-order chi connectivity index (χ1) is 3.55. The Kier molecular flexibility index (Phi) is 2.19. The number of Topliss-reactive ketones (excluding diaryl/α,β-unsaturated/α-hetero) is 1. The van der Waals surface area contributed by atoms with E-state index in [1.165, 1.54) is 6.92 Å². The van der Waals surface area contributed by atoms with Crippen molar-refractivity contribution in [1.29, 1.82) is 0 Å². The number of carboxylic acid groups (broad SMARTS) is 1. The molecule has 0 spiro atoms. The molecule has 1 N–H and O–H groups in total. The molecule has 1 atom stereocenters. The Morgan fingerprint density at radius 2 is 2.00 bits per heavy atom. The highest BCUT2D eigenvalue weighted by Crippen LogP contribution is 1.93. The Balaban J connectivity index is 3.83. The highest BCUT2D eigenvalue weighted by Gasteiger charge is 2.14. The second-order valence-corrected chi connectivity index (χ2v) is 1.50. The summed E-state index contributed by atoms with van der Waals surface area (Å²) >= 11 is 0. The third-order valence-electron chi connectivity index (χ3n) is 0.789. The van der Waals surface area contributed by atoms with Gasteiger partial charge in [-0.05, 0) is 13.8 Å². The fourth-order valence-electron chi connectivity index (χ4n) is 0.174. The maximum atomic E-state index is 10.1. The molecule has 0 bridgehead atoms. The summed E-state index contributed by atoms with van der Waals surface area (Å²) in [5.74, 6) is -2.69. The molecular formula is C5H7O3. The SMILES string of the molecule is [CH2]C(C(C)=O)C(=O)O. The van der Waals surface area contributed by atoms with E-state index in [2.05, 4.69) is 6.92 Å². The van der Waals surface area contributed by atoms with Crippen molar-refractivity contribution in [2.45, 2.75) is 6.92 Å². The molecule has 0 rings (SSSR count). The third-order valence-corrected chi connectivity index (χ3v) is 0.789. The molecular weight excluding hydrogens is 108 g/mol. The van der Waals surface area contributed by atoms with Crippen LogP contribution in [-0.4, -0.2) is 16.9 Å². The molecule has 0 saturated carbocycles. The van der Waals surface area contributed by atoms with E-state index < -0.39 is 17.7 Å². The summed E-state index contributed by atoms with van der Waals surface area (Å²) in [4.78, 5) is 20.0. The molecule has 0 aromatic heterocycles. The average Bonchev–Trinajstić information content (AvgIpc) is 1.64. The van der Waals surface area contributed by atoms with Crippen molar-refractivity contribution in [1.82, 2.24) is 0 Å². The fraction of sp³-hybridized carbons (Fsp3) is 0.400. The number of ketones is 1. The largest absolute Gasteiger partial charge is 0.481 e. The number of hydrogen-bond donors (Lipinski definition) is 1. The molecule has 0 amide bonds. The van der Waals surface area contributed by atoms with Crippen molar-refractivity contribution in [2.24, 2.45) is 5.92 Å². The molecule has 0 heterocycles. The van der Waals surface area contributed by atoms with Gasteiger partial charge in [-0.25, -0.2) is 0 Å². The lowest BCUT2D eigenvalue weighted by Gasteiger charge is -1.95. The van der Waals surface area contributed by atoms with Gasteiger partial charge in [0.15, 0.2) is 0 Å². The molecule has 0 aromatic rings. The molecule has 8 heavy (non-hydrogen) atoms. The van der Waals surface area contributed by atoms with E-state index in [0.29, 0.717) is 0 Å². The van der Waals surface area contributed by atoms with Crippen LogP contribution in [0.1, 0.15) is 6.92 Å². The van der Waals surface area contributed by atoms with Crippen LogP contribution >= 0.6 is 0 Å². The lowest BCUT2D eigenvalue weighted by atomic mass is 10.1. The van der Waals surface area contributed by atoms with E-state index in [9.17, 15) is 9.59 Å². The Morgan fingerprint density at radius 3 is 2.00 bits per heavy atom. The lowest BCUT2D eigenvalue weighted by molar-refractivity contribution is -0.143. The highest BCUT2D eigenvalue weighted by molar-refractivity contribution is 5.97. The van der Waals surface area contributed by atoms with Crippen molar-refractivity contribution in [2.75, 3.05) is 0 Å². The van der Waals surface area contributed by atoms with Gasteiger partial charge in [-0.2, -0.15) is 0 Å². The van der Waals surface area contributed by atoms with Gasteiger partial charge in [-0.15, -0.1) is 0 Å². The van der Waals surface area contributed by atoms with E-state index in [1.54, 1.807) is 0 Å². The fourth-order valence-corrected chi connectivity index (χ4v) is 0.174. The minimum Gasteiger partial charge on any atom is -0.481 e. The van der Waals surface area contributed by atoms with Crippen LogP contribution in [0.4, 0.5) is 0 Å². The van der Waals surface area contributed by atoms with Crippen molar-refractivity contribution < 1.29 is 14.7 Å². The summed E-state index contributed by atoms with van der Waals surface area (Å²) < 4.78 is 0. The third kappa shape index (κ3) is 1.73. The van der Waals surface area contributed by atoms with E-state index in [1.807, 2.05) is 0 Å². The predicted octanol–water partition coefficient (Wildman–Crippen LogP) is 0.110. The zero-order valence-electron chi connectivity index (χ0n) is 4.55. The number of carboxylic acids is 1. The molecule has 0 saturated heterocycles. The first-order valence-corrected chi connectivity index (χ1v) is 2.12. The first-order valence-electron chi connectivity index (χ1n) is 2.12. The molecule has 45 valence electrons. The Labute approximate surface area is 47.3 Å². The Morgan fingerprint density at radius 1 is 1.62 bits per heavy atom. The van der Waals surface area contributed by atoms with Crippen LogP contribution < -0.4 is 0 Å². The first kappa shape index (κ1) is 7.14. The smallest absolute Gasteiger partial charge is 0.314 e. The molecule has 0 aromatic carbocycles. The van der Waals surface area contributed by atoms with Crippen molar-refractivity contribution >= 4 is 11.8 Å². The lowest BCUT2D eigenvalue weighted by Crippen LogP contribution is -2.17.